The molecule has 6 nitrogen and oxygen atoms in total. The van der Waals surface area contributed by atoms with Crippen molar-refractivity contribution in [1.29, 1.82) is 0 Å². The second-order valence-electron chi connectivity index (χ2n) is 10.9. The highest BCUT2D eigenvalue weighted by molar-refractivity contribution is 5.87. The lowest BCUT2D eigenvalue weighted by Gasteiger charge is -2.51. The molecule has 0 unspecified atom stereocenters. The third-order valence-corrected chi connectivity index (χ3v) is 8.71. The van der Waals surface area contributed by atoms with Gasteiger partial charge in [-0.25, -0.2) is 0 Å². The van der Waals surface area contributed by atoms with Crippen LogP contribution >= 0.6 is 0 Å². The lowest BCUT2D eigenvalue weighted by molar-refractivity contribution is -0.151. The van der Waals surface area contributed by atoms with Gasteiger partial charge in [-0.2, -0.15) is 0 Å². The molecule has 5 aliphatic rings. The quantitative estimate of drug-likeness (QED) is 0.531. The second-order valence-corrected chi connectivity index (χ2v) is 10.9. The first-order valence-electron chi connectivity index (χ1n) is 12.1. The number of carbonyl (C=O) groups excluding carboxylic acids is 2. The van der Waals surface area contributed by atoms with Crippen LogP contribution in [-0.2, 0) is 19.1 Å². The van der Waals surface area contributed by atoms with Crippen molar-refractivity contribution in [3.63, 3.8) is 0 Å². The number of rotatable bonds is 10. The highest BCUT2D eigenvalue weighted by Gasteiger charge is 2.55. The number of carbonyl (C=O) groups is 2. The third kappa shape index (κ3) is 4.40. The summed E-state index contributed by atoms with van der Waals surface area (Å²) >= 11 is 0. The molecular weight excluding hydrogens is 380 g/mol. The lowest BCUT2D eigenvalue weighted by atomic mass is 9.53. The number of amides is 2. The number of fused-ring (bicyclic) bond motifs is 3. The highest BCUT2D eigenvalue weighted by Crippen LogP contribution is 2.57. The molecule has 0 radical (unpaired) electrons. The van der Waals surface area contributed by atoms with Crippen molar-refractivity contribution in [2.75, 3.05) is 26.3 Å². The predicted octanol–water partition coefficient (Wildman–Crippen LogP) is 3.48. The van der Waals surface area contributed by atoms with Gasteiger partial charge in [-0.3, -0.25) is 9.59 Å². The van der Waals surface area contributed by atoms with E-state index in [2.05, 4.69) is 24.5 Å². The molecule has 0 spiro atoms. The van der Waals surface area contributed by atoms with Crippen molar-refractivity contribution in [3.05, 3.63) is 0 Å². The first kappa shape index (κ1) is 22.1. The van der Waals surface area contributed by atoms with Gasteiger partial charge in [0.2, 0.25) is 11.8 Å². The molecule has 5 saturated carbocycles. The van der Waals surface area contributed by atoms with Crippen LogP contribution in [0.15, 0.2) is 0 Å². The fraction of sp³-hybridized carbons (Fsp3) is 0.917. The van der Waals surface area contributed by atoms with Gasteiger partial charge in [-0.15, -0.1) is 0 Å². The van der Waals surface area contributed by atoms with Crippen LogP contribution in [0.5, 0.6) is 0 Å². The summed E-state index contributed by atoms with van der Waals surface area (Å²) in [5, 5.41) is 6.23. The fourth-order valence-electron chi connectivity index (χ4n) is 5.80. The Balaban J connectivity index is 1.17. The van der Waals surface area contributed by atoms with E-state index >= 15 is 0 Å². The molecule has 0 atom stereocenters. The summed E-state index contributed by atoms with van der Waals surface area (Å²) in [7, 11) is 0. The summed E-state index contributed by atoms with van der Waals surface area (Å²) in [4.78, 5) is 25.8. The van der Waals surface area contributed by atoms with Crippen LogP contribution in [0.25, 0.3) is 0 Å². The van der Waals surface area contributed by atoms with Crippen LogP contribution < -0.4 is 10.6 Å². The number of nitrogens with one attached hydrogen (secondary N) is 2. The average Bonchev–Trinajstić information content (AvgIpc) is 2.72. The zero-order chi connectivity index (χ0) is 21.3. The maximum Gasteiger partial charge on any atom is 0.226 e. The zero-order valence-electron chi connectivity index (χ0n) is 18.9. The molecule has 0 saturated heterocycles. The molecule has 170 valence electrons. The molecule has 0 heterocycles. The Bertz CT molecular complexity index is 573. The van der Waals surface area contributed by atoms with Crippen molar-refractivity contribution >= 4 is 11.8 Å². The number of hydrogen-bond donors (Lipinski definition) is 2. The number of ether oxygens (including phenoxy) is 2. The van der Waals surface area contributed by atoms with E-state index in [0.29, 0.717) is 26.3 Å². The first-order chi connectivity index (χ1) is 14.3. The molecule has 30 heavy (non-hydrogen) atoms. The second kappa shape index (κ2) is 8.42. The molecule has 0 aliphatic heterocycles. The molecule has 2 bridgehead atoms. The molecule has 5 aliphatic carbocycles. The Morgan fingerprint density at radius 1 is 0.633 bits per heavy atom. The Labute approximate surface area is 181 Å². The predicted molar refractivity (Wildman–Crippen MR) is 115 cm³/mol. The van der Waals surface area contributed by atoms with Crippen LogP contribution in [0.2, 0.25) is 0 Å². The summed E-state index contributed by atoms with van der Waals surface area (Å²) in [6.45, 7) is 6.66. The van der Waals surface area contributed by atoms with Gasteiger partial charge in [-0.05, 0) is 90.9 Å². The summed E-state index contributed by atoms with van der Waals surface area (Å²) in [5.74, 6) is 0.335. The van der Waals surface area contributed by atoms with Crippen molar-refractivity contribution in [3.8, 4) is 0 Å². The van der Waals surface area contributed by atoms with Crippen molar-refractivity contribution < 1.29 is 19.1 Å². The summed E-state index contributed by atoms with van der Waals surface area (Å²) in [5.41, 5.74) is -0.479. The molecule has 6 heteroatoms. The third-order valence-electron chi connectivity index (χ3n) is 8.71. The van der Waals surface area contributed by atoms with Crippen molar-refractivity contribution in [2.24, 2.45) is 10.8 Å². The molecular formula is C24H40N2O4. The van der Waals surface area contributed by atoms with E-state index in [4.69, 9.17) is 9.47 Å². The minimum absolute atomic E-state index is 0.0340. The van der Waals surface area contributed by atoms with Crippen LogP contribution in [0.4, 0.5) is 0 Å². The van der Waals surface area contributed by atoms with Gasteiger partial charge in [0, 0.05) is 23.9 Å². The monoisotopic (exact) mass is 420 g/mol. The van der Waals surface area contributed by atoms with Gasteiger partial charge in [0.05, 0.1) is 24.4 Å². The Hall–Kier alpha value is -1.14. The van der Waals surface area contributed by atoms with Crippen LogP contribution in [-0.4, -0.2) is 49.3 Å². The molecule has 0 aromatic heterocycles. The Kier molecular flexibility index (Phi) is 6.19. The van der Waals surface area contributed by atoms with Crippen LogP contribution in [0, 0.1) is 10.8 Å². The molecule has 5 fully saturated rings. The van der Waals surface area contributed by atoms with E-state index in [-0.39, 0.29) is 33.8 Å². The van der Waals surface area contributed by atoms with E-state index < -0.39 is 0 Å². The maximum atomic E-state index is 12.9. The SMILES string of the molecule is CC1(OCCNC(=O)C23CCC(C(=O)NCCOC4(C)CCC4)(CC2)CC3)CCC1. The van der Waals surface area contributed by atoms with Gasteiger partial charge in [0.1, 0.15) is 0 Å². The minimum Gasteiger partial charge on any atom is -0.373 e. The summed E-state index contributed by atoms with van der Waals surface area (Å²) in [6.07, 6.45) is 11.9. The van der Waals surface area contributed by atoms with Gasteiger partial charge in [-0.1, -0.05) is 0 Å². The first-order valence-corrected chi connectivity index (χ1v) is 12.1. The van der Waals surface area contributed by atoms with Gasteiger partial charge in [0.15, 0.2) is 0 Å². The van der Waals surface area contributed by atoms with Crippen molar-refractivity contribution in [1.82, 2.24) is 10.6 Å². The van der Waals surface area contributed by atoms with Gasteiger partial charge < -0.3 is 20.1 Å². The topological polar surface area (TPSA) is 76.7 Å². The summed E-state index contributed by atoms with van der Waals surface area (Å²) in [6, 6.07) is 0. The molecule has 2 N–H and O–H groups in total. The normalized spacial score (nSPS) is 33.3. The van der Waals surface area contributed by atoms with Gasteiger partial charge >= 0.3 is 0 Å². The Morgan fingerprint density at radius 2 is 0.967 bits per heavy atom. The fourth-order valence-corrected chi connectivity index (χ4v) is 5.80. The van der Waals surface area contributed by atoms with E-state index in [1.165, 1.54) is 12.8 Å². The molecule has 5 rings (SSSR count). The van der Waals surface area contributed by atoms with E-state index in [9.17, 15) is 9.59 Å². The summed E-state index contributed by atoms with van der Waals surface area (Å²) < 4.78 is 11.9. The molecule has 2 amide bonds. The lowest BCUT2D eigenvalue weighted by Crippen LogP contribution is -2.55. The van der Waals surface area contributed by atoms with E-state index in [1.807, 2.05) is 0 Å². The maximum absolute atomic E-state index is 12.9. The zero-order valence-corrected chi connectivity index (χ0v) is 18.9. The van der Waals surface area contributed by atoms with E-state index in [1.54, 1.807) is 0 Å². The average molecular weight is 421 g/mol. The minimum atomic E-state index is -0.273. The van der Waals surface area contributed by atoms with Crippen LogP contribution in [0.1, 0.15) is 90.9 Å². The van der Waals surface area contributed by atoms with E-state index in [0.717, 1.165) is 64.2 Å². The molecule has 0 aromatic carbocycles. The highest BCUT2D eigenvalue weighted by atomic mass is 16.5. The molecule has 0 aromatic rings. The largest absolute Gasteiger partial charge is 0.373 e. The van der Waals surface area contributed by atoms with Crippen molar-refractivity contribution in [2.45, 2.75) is 102 Å². The van der Waals surface area contributed by atoms with Gasteiger partial charge in [0.25, 0.3) is 0 Å². The number of hydrogen-bond acceptors (Lipinski definition) is 4. The smallest absolute Gasteiger partial charge is 0.226 e. The van der Waals surface area contributed by atoms with Crippen LogP contribution in [0.3, 0.4) is 0 Å². The standard InChI is InChI=1S/C24H40N2O4/c1-21(5-3-6-21)29-17-15-25-19(27)23-9-12-24(13-10-23,14-11-23)20(28)26-16-18-30-22(2)7-4-8-22/h3-18H2,1-2H3,(H,25,27)(H,26,28). The Morgan fingerprint density at radius 3 is 1.23 bits per heavy atom.